The Hall–Kier alpha value is -3.01. The third-order valence-corrected chi connectivity index (χ3v) is 6.40. The van der Waals surface area contributed by atoms with Gasteiger partial charge in [0.05, 0.1) is 58.6 Å². The van der Waals surface area contributed by atoms with E-state index in [0.717, 1.165) is 16.8 Å². The van der Waals surface area contributed by atoms with E-state index in [4.69, 9.17) is 53.4 Å². The molecule has 1 aromatic carbocycles. The lowest BCUT2D eigenvalue weighted by Crippen LogP contribution is -2.51. The molecule has 36 heavy (non-hydrogen) atoms. The first kappa shape index (κ1) is 24.7. The van der Waals surface area contributed by atoms with Crippen LogP contribution in [-0.4, -0.2) is 109 Å². The highest BCUT2D eigenvalue weighted by Gasteiger charge is 2.44. The second-order valence-electron chi connectivity index (χ2n) is 9.03. The summed E-state index contributed by atoms with van der Waals surface area (Å²) in [4.78, 5) is 19.6. The highest BCUT2D eigenvalue weighted by molar-refractivity contribution is 6.66. The summed E-state index contributed by atoms with van der Waals surface area (Å²) in [6.45, 7) is 0.962. The number of anilines is 1. The number of aromatic nitrogens is 3. The monoisotopic (exact) mass is 473 g/mol. The zero-order chi connectivity index (χ0) is 25.7. The molecule has 172 valence electrons. The van der Waals surface area contributed by atoms with E-state index in [1.54, 1.807) is 35.0 Å². The standard InChI is InChI=1S/C22H20B5N5O4/c1-34-15-7-12-6-13(8-15)28-3-5-31-14(9-17(20(31)33)36-22(26,27)21(23,24)25)11-35-18-2-4-32-19(30-18)16(12)10-29-32/h2,4,6-8,10,14,17,28H,3,5,9,11H2,1H3/t14-,17+/m0/s1. The highest BCUT2D eigenvalue weighted by atomic mass is 16.5. The number of hydrogen-bond donors (Lipinski definition) is 1. The number of carbonyl (C=O) groups is 1. The fourth-order valence-corrected chi connectivity index (χ4v) is 4.34. The van der Waals surface area contributed by atoms with Crippen LogP contribution in [0.3, 0.4) is 0 Å². The fourth-order valence-electron chi connectivity index (χ4n) is 4.34. The number of hydrogen-bond acceptors (Lipinski definition) is 7. The second kappa shape index (κ2) is 9.14. The van der Waals surface area contributed by atoms with Gasteiger partial charge in [0.2, 0.25) is 5.88 Å². The number of amides is 1. The lowest BCUT2D eigenvalue weighted by Gasteiger charge is -2.43. The van der Waals surface area contributed by atoms with E-state index < -0.39 is 16.6 Å². The van der Waals surface area contributed by atoms with E-state index in [-0.39, 0.29) is 25.0 Å². The van der Waals surface area contributed by atoms with Crippen molar-refractivity contribution >= 4 is 56.5 Å². The first-order chi connectivity index (χ1) is 17.1. The van der Waals surface area contributed by atoms with Crippen molar-refractivity contribution in [3.63, 3.8) is 0 Å². The van der Waals surface area contributed by atoms with Gasteiger partial charge in [0.25, 0.3) is 5.91 Å². The molecule has 4 heterocycles. The first-order valence-electron chi connectivity index (χ1n) is 11.4. The molecule has 14 heteroatoms. The first-order valence-corrected chi connectivity index (χ1v) is 11.4. The largest absolute Gasteiger partial charge is 0.497 e. The maximum absolute atomic E-state index is 13.3. The molecule has 1 saturated heterocycles. The van der Waals surface area contributed by atoms with Crippen molar-refractivity contribution in [3.8, 4) is 22.8 Å². The number of ether oxygens (including phenoxy) is 3. The Labute approximate surface area is 215 Å². The fraction of sp³-hybridized carbons (Fsp3) is 0.409. The molecule has 3 aromatic rings. The molecule has 0 unspecified atom stereocenters. The average molecular weight is 472 g/mol. The number of nitrogens with one attached hydrogen (secondary N) is 1. The van der Waals surface area contributed by atoms with Gasteiger partial charge in [-0.25, -0.2) is 4.52 Å². The zero-order valence-electron chi connectivity index (χ0n) is 19.8. The molecule has 4 bridgehead atoms. The van der Waals surface area contributed by atoms with E-state index >= 15 is 0 Å². The normalized spacial score (nSPS) is 20.5. The van der Waals surface area contributed by atoms with Crippen molar-refractivity contribution < 1.29 is 19.0 Å². The number of carbonyl (C=O) groups excluding carboxylic acids is 1. The lowest BCUT2D eigenvalue weighted by atomic mass is 9.28. The molecule has 0 aliphatic carbocycles. The van der Waals surface area contributed by atoms with Crippen molar-refractivity contribution in [2.75, 3.05) is 32.1 Å². The molecule has 1 fully saturated rings. The Morgan fingerprint density at radius 1 is 1.19 bits per heavy atom. The molecule has 1 amide bonds. The minimum Gasteiger partial charge on any atom is -0.497 e. The van der Waals surface area contributed by atoms with E-state index in [2.05, 4.69) is 15.4 Å². The molecule has 0 saturated carbocycles. The maximum Gasteiger partial charge on any atom is 0.252 e. The molecule has 2 atom stereocenters. The van der Waals surface area contributed by atoms with E-state index in [9.17, 15) is 4.79 Å². The molecule has 5 rings (SSSR count). The SMILES string of the molecule is [B]C([B])([B])C([B])([B])O[C@@H]1C[C@H]2COc3ccn4ncc(c4n3)-c3cc(cc(OC)c3)NCCN2C1=O. The van der Waals surface area contributed by atoms with Gasteiger partial charge in [-0.3, -0.25) is 4.79 Å². The van der Waals surface area contributed by atoms with Crippen molar-refractivity contribution in [2.45, 2.75) is 29.1 Å². The van der Waals surface area contributed by atoms with Gasteiger partial charge in [0.1, 0.15) is 18.5 Å². The van der Waals surface area contributed by atoms with Gasteiger partial charge in [-0.2, -0.15) is 10.1 Å². The minimum atomic E-state index is -2.13. The zero-order valence-corrected chi connectivity index (χ0v) is 19.8. The molecule has 0 spiro atoms. The Morgan fingerprint density at radius 2 is 2.00 bits per heavy atom. The van der Waals surface area contributed by atoms with Crippen molar-refractivity contribution in [3.05, 3.63) is 36.7 Å². The summed E-state index contributed by atoms with van der Waals surface area (Å²) in [5, 5.41) is 3.56. The van der Waals surface area contributed by atoms with Crippen molar-refractivity contribution in [1.82, 2.24) is 19.5 Å². The van der Waals surface area contributed by atoms with Crippen LogP contribution in [0.4, 0.5) is 5.69 Å². The van der Waals surface area contributed by atoms with Crippen molar-refractivity contribution in [2.24, 2.45) is 0 Å². The summed E-state index contributed by atoms with van der Waals surface area (Å²) in [7, 11) is 30.3. The van der Waals surface area contributed by atoms with Gasteiger partial charge in [-0.1, -0.05) is 0 Å². The van der Waals surface area contributed by atoms with Crippen molar-refractivity contribution in [1.29, 1.82) is 0 Å². The van der Waals surface area contributed by atoms with Crippen LogP contribution in [-0.2, 0) is 9.53 Å². The van der Waals surface area contributed by atoms with Crippen LogP contribution in [0.5, 0.6) is 11.6 Å². The van der Waals surface area contributed by atoms with Gasteiger partial charge < -0.3 is 24.4 Å². The Kier molecular flexibility index (Phi) is 6.26. The summed E-state index contributed by atoms with van der Waals surface area (Å²) in [6.07, 6.45) is 2.75. The molecule has 2 aliphatic heterocycles. The van der Waals surface area contributed by atoms with E-state index in [0.29, 0.717) is 30.4 Å². The average Bonchev–Trinajstić information content (AvgIpc) is 3.37. The quantitative estimate of drug-likeness (QED) is 0.525. The van der Waals surface area contributed by atoms with Crippen LogP contribution in [0.25, 0.3) is 16.8 Å². The molecular weight excluding hydrogens is 452 g/mol. The van der Waals surface area contributed by atoms with Crippen LogP contribution >= 0.6 is 0 Å². The summed E-state index contributed by atoms with van der Waals surface area (Å²) in [5.41, 5.74) is 3.12. The van der Waals surface area contributed by atoms with Gasteiger partial charge in [-0.15, -0.1) is 5.11 Å². The van der Waals surface area contributed by atoms with E-state index in [1.165, 1.54) is 0 Å². The summed E-state index contributed by atoms with van der Waals surface area (Å²) < 4.78 is 18.8. The third kappa shape index (κ3) is 4.58. The Bertz CT molecular complexity index is 1300. The Balaban J connectivity index is 1.48. The highest BCUT2D eigenvalue weighted by Crippen LogP contribution is 2.34. The molecule has 2 aliphatic rings. The van der Waals surface area contributed by atoms with Gasteiger partial charge >= 0.3 is 0 Å². The number of fused-ring (bicyclic) bond motifs is 5. The van der Waals surface area contributed by atoms with Crippen LogP contribution in [0.1, 0.15) is 6.42 Å². The van der Waals surface area contributed by atoms with Crippen LogP contribution < -0.4 is 14.8 Å². The summed E-state index contributed by atoms with van der Waals surface area (Å²) >= 11 is 0. The summed E-state index contributed by atoms with van der Waals surface area (Å²) in [5.74, 6) is 0.722. The minimum absolute atomic E-state index is 0.165. The molecule has 9 nitrogen and oxygen atoms in total. The number of benzene rings is 1. The predicted octanol–water partition coefficient (Wildman–Crippen LogP) is -0.235. The van der Waals surface area contributed by atoms with Crippen LogP contribution in [0.15, 0.2) is 36.7 Å². The Morgan fingerprint density at radius 3 is 2.75 bits per heavy atom. The van der Waals surface area contributed by atoms with Gasteiger partial charge in [-0.05, 0) is 23.1 Å². The number of methoxy groups -OCH3 is 1. The predicted molar refractivity (Wildman–Crippen MR) is 138 cm³/mol. The second-order valence-corrected chi connectivity index (χ2v) is 9.03. The van der Waals surface area contributed by atoms with Gasteiger partial charge in [0.15, 0.2) is 5.65 Å². The topological polar surface area (TPSA) is 90.2 Å². The van der Waals surface area contributed by atoms with Crippen LogP contribution in [0.2, 0.25) is 5.11 Å². The van der Waals surface area contributed by atoms with E-state index in [1.807, 2.05) is 18.2 Å². The maximum atomic E-state index is 13.3. The molecular formula is C22H20B5N5O4. The molecule has 10 radical (unpaired) electrons. The summed E-state index contributed by atoms with van der Waals surface area (Å²) in [6, 6.07) is 7.10. The smallest absolute Gasteiger partial charge is 0.252 e. The number of rotatable bonds is 4. The third-order valence-electron chi connectivity index (χ3n) is 6.40. The van der Waals surface area contributed by atoms with Crippen LogP contribution in [0, 0.1) is 0 Å². The van der Waals surface area contributed by atoms with Gasteiger partial charge in [0, 0.05) is 49.1 Å². The molecule has 1 N–H and O–H groups in total. The number of nitrogens with zero attached hydrogens (tertiary/aromatic N) is 4. The molecule has 2 aromatic heterocycles. The lowest BCUT2D eigenvalue weighted by molar-refractivity contribution is -0.140.